The third kappa shape index (κ3) is 8.11. The van der Waals surface area contributed by atoms with Crippen LogP contribution >= 0.6 is 34.8 Å². The molecule has 0 aromatic heterocycles. The van der Waals surface area contributed by atoms with Crippen LogP contribution in [0.4, 0.5) is 5.69 Å². The van der Waals surface area contributed by atoms with Gasteiger partial charge in [0.05, 0.1) is 20.6 Å². The van der Waals surface area contributed by atoms with Crippen LogP contribution in [0.25, 0.3) is 0 Å². The number of amides is 2. The number of rotatable bonds is 11. The number of hydrogen-bond donors (Lipinski definition) is 1. The topological polar surface area (TPSA) is 86.8 Å². The number of nitrogens with zero attached hydrogens (tertiary/aromatic N) is 2. The van der Waals surface area contributed by atoms with E-state index in [2.05, 4.69) is 5.32 Å². The molecule has 0 aliphatic carbocycles. The Morgan fingerprint density at radius 1 is 0.872 bits per heavy atom. The average Bonchev–Trinajstić information content (AvgIpc) is 2.91. The molecule has 11 heteroatoms. The maximum absolute atomic E-state index is 13.9. The maximum atomic E-state index is 13.9. The minimum atomic E-state index is -4.16. The fourth-order valence-electron chi connectivity index (χ4n) is 3.73. The summed E-state index contributed by atoms with van der Waals surface area (Å²) < 4.78 is 28.5. The Bertz CT molecular complexity index is 1400. The summed E-state index contributed by atoms with van der Waals surface area (Å²) in [5.41, 5.74) is 0.931. The predicted molar refractivity (Wildman–Crippen MR) is 157 cm³/mol. The third-order valence-corrected chi connectivity index (χ3v) is 8.69. The van der Waals surface area contributed by atoms with Crippen molar-refractivity contribution in [3.8, 4) is 0 Å². The highest BCUT2D eigenvalue weighted by Crippen LogP contribution is 2.27. The Kier molecular flexibility index (Phi) is 10.7. The number of nitrogens with one attached hydrogen (secondary N) is 1. The number of carbonyl (C=O) groups excluding carboxylic acids is 2. The van der Waals surface area contributed by atoms with Gasteiger partial charge < -0.3 is 10.2 Å². The van der Waals surface area contributed by atoms with Gasteiger partial charge in [-0.1, -0.05) is 72.9 Å². The molecule has 2 amide bonds. The van der Waals surface area contributed by atoms with Crippen molar-refractivity contribution < 1.29 is 18.0 Å². The molecule has 7 nitrogen and oxygen atoms in total. The minimum Gasteiger partial charge on any atom is -0.354 e. The van der Waals surface area contributed by atoms with Crippen LogP contribution in [0.3, 0.4) is 0 Å². The van der Waals surface area contributed by atoms with Crippen molar-refractivity contribution in [1.82, 2.24) is 10.2 Å². The van der Waals surface area contributed by atoms with Crippen LogP contribution < -0.4 is 9.62 Å². The Morgan fingerprint density at radius 2 is 1.51 bits per heavy atom. The smallest absolute Gasteiger partial charge is 0.264 e. The summed E-state index contributed by atoms with van der Waals surface area (Å²) in [6.45, 7) is 5.42. The van der Waals surface area contributed by atoms with Crippen molar-refractivity contribution >= 4 is 62.3 Å². The van der Waals surface area contributed by atoms with Crippen molar-refractivity contribution in [2.45, 2.75) is 38.3 Å². The van der Waals surface area contributed by atoms with Crippen molar-refractivity contribution in [3.05, 3.63) is 93.4 Å². The Balaban J connectivity index is 2.00. The molecule has 208 valence electrons. The molecule has 3 aromatic carbocycles. The lowest BCUT2D eigenvalue weighted by atomic mass is 10.1. The number of sulfonamides is 1. The second-order valence-electron chi connectivity index (χ2n) is 9.39. The molecule has 3 aromatic rings. The molecule has 1 N–H and O–H groups in total. The van der Waals surface area contributed by atoms with Crippen LogP contribution in [0.5, 0.6) is 0 Å². The quantitative estimate of drug-likeness (QED) is 0.287. The fraction of sp³-hybridized carbons (Fsp3) is 0.286. The molecule has 0 fully saturated rings. The predicted octanol–water partition coefficient (Wildman–Crippen LogP) is 6.03. The van der Waals surface area contributed by atoms with E-state index in [1.165, 1.54) is 29.2 Å². The highest BCUT2D eigenvalue weighted by atomic mass is 35.5. The van der Waals surface area contributed by atoms with Gasteiger partial charge in [0.15, 0.2) is 0 Å². The van der Waals surface area contributed by atoms with Gasteiger partial charge in [-0.15, -0.1) is 0 Å². The normalized spacial score (nSPS) is 12.2. The molecule has 0 saturated heterocycles. The highest BCUT2D eigenvalue weighted by Gasteiger charge is 2.32. The fourth-order valence-corrected chi connectivity index (χ4v) is 5.59. The van der Waals surface area contributed by atoms with E-state index >= 15 is 0 Å². The molecule has 1 atom stereocenters. The van der Waals surface area contributed by atoms with E-state index < -0.39 is 28.5 Å². The van der Waals surface area contributed by atoms with Gasteiger partial charge in [0.2, 0.25) is 11.8 Å². The molecule has 0 radical (unpaired) electrons. The maximum Gasteiger partial charge on any atom is 0.264 e. The molecule has 0 bridgehead atoms. The summed E-state index contributed by atoms with van der Waals surface area (Å²) >= 11 is 18.2. The lowest BCUT2D eigenvalue weighted by Gasteiger charge is -2.32. The van der Waals surface area contributed by atoms with Crippen LogP contribution in [-0.4, -0.2) is 44.3 Å². The SMILES string of the molecule is CC(C)CNC(=O)[C@@H](C)N(Cc1ccc(Cl)c(Cl)c1)C(=O)CN(c1ccccc1)S(=O)(=O)c1ccc(Cl)cc1. The van der Waals surface area contributed by atoms with Crippen molar-refractivity contribution in [3.63, 3.8) is 0 Å². The Hall–Kier alpha value is -2.78. The summed E-state index contributed by atoms with van der Waals surface area (Å²) in [4.78, 5) is 28.2. The largest absolute Gasteiger partial charge is 0.354 e. The molecule has 0 spiro atoms. The highest BCUT2D eigenvalue weighted by molar-refractivity contribution is 7.92. The first kappa shape index (κ1) is 30.8. The first-order valence-electron chi connectivity index (χ1n) is 12.2. The van der Waals surface area contributed by atoms with Gasteiger partial charge in [0.25, 0.3) is 10.0 Å². The van der Waals surface area contributed by atoms with Gasteiger partial charge in [-0.25, -0.2) is 8.42 Å². The molecule has 39 heavy (non-hydrogen) atoms. The first-order chi connectivity index (χ1) is 18.4. The van der Waals surface area contributed by atoms with E-state index in [0.29, 0.717) is 32.9 Å². The van der Waals surface area contributed by atoms with Gasteiger partial charge in [0, 0.05) is 18.1 Å². The third-order valence-electron chi connectivity index (χ3n) is 5.91. The molecule has 0 unspecified atom stereocenters. The molecule has 0 saturated carbocycles. The second kappa shape index (κ2) is 13.5. The monoisotopic (exact) mass is 609 g/mol. The van der Waals surface area contributed by atoms with Crippen molar-refractivity contribution in [2.75, 3.05) is 17.4 Å². The number of anilines is 1. The van der Waals surface area contributed by atoms with Gasteiger partial charge in [-0.2, -0.15) is 0 Å². The van der Waals surface area contributed by atoms with E-state index in [-0.39, 0.29) is 23.3 Å². The van der Waals surface area contributed by atoms with Crippen LogP contribution in [0, 0.1) is 5.92 Å². The molecule has 0 aliphatic heterocycles. The van der Waals surface area contributed by atoms with Gasteiger partial charge in [-0.05, 0) is 66.9 Å². The lowest BCUT2D eigenvalue weighted by molar-refractivity contribution is -0.139. The minimum absolute atomic E-state index is 0.00953. The van der Waals surface area contributed by atoms with E-state index in [9.17, 15) is 18.0 Å². The van der Waals surface area contributed by atoms with Gasteiger partial charge in [0.1, 0.15) is 12.6 Å². The summed E-state index contributed by atoms with van der Waals surface area (Å²) in [5, 5.41) is 3.88. The standard InChI is InChI=1S/C28H30Cl3N3O4S/c1-19(2)16-32-28(36)20(3)33(17-21-9-14-25(30)26(31)15-21)27(35)18-34(23-7-5-4-6-8-23)39(37,38)24-12-10-22(29)11-13-24/h4-15,19-20H,16-18H2,1-3H3,(H,32,36)/t20-/m1/s1. The van der Waals surface area contributed by atoms with E-state index in [1.54, 1.807) is 55.5 Å². The number of para-hydroxylation sites is 1. The van der Waals surface area contributed by atoms with E-state index in [0.717, 1.165) is 4.31 Å². The lowest BCUT2D eigenvalue weighted by Crippen LogP contribution is -2.51. The number of carbonyl (C=O) groups is 2. The van der Waals surface area contributed by atoms with Crippen LogP contribution in [0.1, 0.15) is 26.3 Å². The second-order valence-corrected chi connectivity index (χ2v) is 12.5. The zero-order chi connectivity index (χ0) is 28.7. The van der Waals surface area contributed by atoms with Crippen molar-refractivity contribution in [2.24, 2.45) is 5.92 Å². The van der Waals surface area contributed by atoms with E-state index in [1.807, 2.05) is 13.8 Å². The summed E-state index contributed by atoms with van der Waals surface area (Å²) in [6, 6.07) is 18.0. The summed E-state index contributed by atoms with van der Waals surface area (Å²) in [7, 11) is -4.16. The van der Waals surface area contributed by atoms with Crippen LogP contribution in [-0.2, 0) is 26.2 Å². The Labute approximate surface area is 244 Å². The zero-order valence-corrected chi connectivity index (χ0v) is 24.9. The number of hydrogen-bond acceptors (Lipinski definition) is 4. The molecule has 0 aliphatic rings. The van der Waals surface area contributed by atoms with Gasteiger partial charge in [-0.3, -0.25) is 13.9 Å². The first-order valence-corrected chi connectivity index (χ1v) is 14.8. The zero-order valence-electron chi connectivity index (χ0n) is 21.8. The van der Waals surface area contributed by atoms with E-state index in [4.69, 9.17) is 34.8 Å². The average molecular weight is 611 g/mol. The number of benzene rings is 3. The van der Waals surface area contributed by atoms with Crippen LogP contribution in [0.15, 0.2) is 77.7 Å². The molecule has 0 heterocycles. The molecule has 3 rings (SSSR count). The summed E-state index contributed by atoms with van der Waals surface area (Å²) in [6.07, 6.45) is 0. The summed E-state index contributed by atoms with van der Waals surface area (Å²) in [5.74, 6) is -0.725. The number of halogens is 3. The van der Waals surface area contributed by atoms with Gasteiger partial charge >= 0.3 is 0 Å². The molecular weight excluding hydrogens is 581 g/mol. The molecular formula is C28H30Cl3N3O4S. The van der Waals surface area contributed by atoms with Crippen LogP contribution in [0.2, 0.25) is 15.1 Å². The Morgan fingerprint density at radius 3 is 2.10 bits per heavy atom. The van der Waals surface area contributed by atoms with Crippen molar-refractivity contribution in [1.29, 1.82) is 0 Å².